The summed E-state index contributed by atoms with van der Waals surface area (Å²) >= 11 is 0. The lowest BCUT2D eigenvalue weighted by molar-refractivity contribution is -0.200. The molecule has 0 radical (unpaired) electrons. The van der Waals surface area contributed by atoms with Crippen LogP contribution >= 0.6 is 0 Å². The zero-order valence-corrected chi connectivity index (χ0v) is 12.4. The fourth-order valence-electron chi connectivity index (χ4n) is 4.48. The van der Waals surface area contributed by atoms with Crippen LogP contribution in [0.2, 0.25) is 0 Å². The molecule has 0 aromatic heterocycles. The lowest BCUT2D eigenvalue weighted by Crippen LogP contribution is -2.62. The maximum Gasteiger partial charge on any atom is -0.0269 e. The Balaban J connectivity index is 2.13. The van der Waals surface area contributed by atoms with E-state index in [1.807, 2.05) is 0 Å². The van der Waals surface area contributed by atoms with Gasteiger partial charge in [0.25, 0.3) is 0 Å². The van der Waals surface area contributed by atoms with Gasteiger partial charge in [-0.05, 0) is 53.3 Å². The lowest BCUT2D eigenvalue weighted by atomic mass is 9.36. The molecule has 2 rings (SSSR count). The van der Waals surface area contributed by atoms with E-state index in [1.54, 1.807) is 0 Å². The van der Waals surface area contributed by atoms with Crippen LogP contribution in [-0.4, -0.2) is 0 Å². The van der Waals surface area contributed by atoms with Crippen molar-refractivity contribution in [2.24, 2.45) is 34.0 Å². The first-order chi connectivity index (χ1) is 7.08. The Morgan fingerprint density at radius 2 is 1.31 bits per heavy atom. The average Bonchev–Trinajstić information content (AvgIpc) is 2.15. The van der Waals surface area contributed by atoms with E-state index in [4.69, 9.17) is 0 Å². The molecule has 0 heterocycles. The molecule has 0 aromatic rings. The fourth-order valence-corrected chi connectivity index (χ4v) is 4.48. The molecule has 16 heavy (non-hydrogen) atoms. The van der Waals surface area contributed by atoms with E-state index in [9.17, 15) is 0 Å². The normalized spacial score (nSPS) is 41.1. The van der Waals surface area contributed by atoms with E-state index < -0.39 is 0 Å². The van der Waals surface area contributed by atoms with Gasteiger partial charge in [0.15, 0.2) is 0 Å². The molecule has 0 nitrogen and oxygen atoms in total. The number of rotatable bonds is 0. The van der Waals surface area contributed by atoms with Crippen LogP contribution in [0.5, 0.6) is 0 Å². The van der Waals surface area contributed by atoms with Crippen molar-refractivity contribution in [3.05, 3.63) is 0 Å². The largest absolute Gasteiger partial charge is 0.0599 e. The highest BCUT2D eigenvalue weighted by molar-refractivity contribution is 5.11. The summed E-state index contributed by atoms with van der Waals surface area (Å²) in [4.78, 5) is 0. The molecule has 0 amide bonds. The van der Waals surface area contributed by atoms with Gasteiger partial charge >= 0.3 is 0 Å². The van der Waals surface area contributed by atoms with E-state index in [0.717, 1.165) is 17.8 Å². The second-order valence-electron chi connectivity index (χ2n) is 8.53. The number of hydrogen-bond acceptors (Lipinski definition) is 0. The minimum atomic E-state index is 0.515. The van der Waals surface area contributed by atoms with Gasteiger partial charge in [-0.1, -0.05) is 48.5 Å². The third-order valence-electron chi connectivity index (χ3n) is 6.59. The molecule has 0 aliphatic heterocycles. The Morgan fingerprint density at radius 3 is 1.81 bits per heavy atom. The van der Waals surface area contributed by atoms with Gasteiger partial charge in [-0.3, -0.25) is 0 Å². The molecular weight excluding hydrogens is 192 g/mol. The highest BCUT2D eigenvalue weighted by atomic mass is 14.7. The summed E-state index contributed by atoms with van der Waals surface area (Å²) < 4.78 is 0. The second-order valence-corrected chi connectivity index (χ2v) is 8.53. The second kappa shape index (κ2) is 3.27. The van der Waals surface area contributed by atoms with Gasteiger partial charge in [0, 0.05) is 0 Å². The van der Waals surface area contributed by atoms with Crippen molar-refractivity contribution >= 4 is 0 Å². The van der Waals surface area contributed by atoms with Crippen LogP contribution in [0.15, 0.2) is 0 Å². The first-order valence-corrected chi connectivity index (χ1v) is 7.08. The summed E-state index contributed by atoms with van der Waals surface area (Å²) in [6, 6.07) is 0. The molecule has 0 aromatic carbocycles. The maximum atomic E-state index is 2.50. The third-order valence-corrected chi connectivity index (χ3v) is 6.59. The summed E-state index contributed by atoms with van der Waals surface area (Å²) in [6.45, 7) is 17.3. The van der Waals surface area contributed by atoms with Crippen molar-refractivity contribution in [3.8, 4) is 0 Å². The summed E-state index contributed by atoms with van der Waals surface area (Å²) in [6.07, 6.45) is 4.41. The number of hydrogen-bond donors (Lipinski definition) is 0. The average molecular weight is 222 g/mol. The molecule has 2 fully saturated rings. The van der Waals surface area contributed by atoms with E-state index in [-0.39, 0.29) is 0 Å². The highest BCUT2D eigenvalue weighted by Gasteiger charge is 2.62. The Bertz CT molecular complexity index is 277. The van der Waals surface area contributed by atoms with E-state index in [2.05, 4.69) is 48.5 Å². The minimum Gasteiger partial charge on any atom is -0.0599 e. The van der Waals surface area contributed by atoms with Gasteiger partial charge in [0.1, 0.15) is 0 Å². The highest BCUT2D eigenvalue weighted by Crippen LogP contribution is 2.69. The van der Waals surface area contributed by atoms with Gasteiger partial charge in [0.05, 0.1) is 0 Å². The van der Waals surface area contributed by atoms with Crippen LogP contribution in [0.25, 0.3) is 0 Å². The maximum absolute atomic E-state index is 2.50. The van der Waals surface area contributed by atoms with E-state index in [1.165, 1.54) is 19.3 Å². The zero-order valence-electron chi connectivity index (χ0n) is 12.4. The van der Waals surface area contributed by atoms with Crippen LogP contribution < -0.4 is 0 Å². The van der Waals surface area contributed by atoms with Crippen molar-refractivity contribution in [3.63, 3.8) is 0 Å². The molecule has 0 heteroatoms. The van der Waals surface area contributed by atoms with Crippen molar-refractivity contribution < 1.29 is 0 Å². The third kappa shape index (κ3) is 1.48. The molecule has 2 saturated carbocycles. The summed E-state index contributed by atoms with van der Waals surface area (Å²) in [7, 11) is 0. The lowest BCUT2D eigenvalue weighted by Gasteiger charge is -2.68. The Hall–Kier alpha value is 0. The minimum absolute atomic E-state index is 0.515. The molecular formula is C16H30. The molecule has 2 aliphatic rings. The van der Waals surface area contributed by atoms with Crippen LogP contribution in [0.1, 0.15) is 67.7 Å². The first-order valence-electron chi connectivity index (χ1n) is 7.08. The van der Waals surface area contributed by atoms with Gasteiger partial charge in [-0.2, -0.15) is 0 Å². The van der Waals surface area contributed by atoms with Crippen LogP contribution in [0.3, 0.4) is 0 Å². The molecule has 3 unspecified atom stereocenters. The van der Waals surface area contributed by atoms with Gasteiger partial charge < -0.3 is 0 Å². The Morgan fingerprint density at radius 1 is 0.812 bits per heavy atom. The smallest absolute Gasteiger partial charge is 0.0269 e. The van der Waals surface area contributed by atoms with Crippen molar-refractivity contribution in [1.82, 2.24) is 0 Å². The van der Waals surface area contributed by atoms with E-state index in [0.29, 0.717) is 16.2 Å². The predicted molar refractivity (Wildman–Crippen MR) is 71.3 cm³/mol. The van der Waals surface area contributed by atoms with Gasteiger partial charge in [0.2, 0.25) is 0 Å². The van der Waals surface area contributed by atoms with Crippen LogP contribution in [0.4, 0.5) is 0 Å². The van der Waals surface area contributed by atoms with Gasteiger partial charge in [-0.25, -0.2) is 0 Å². The van der Waals surface area contributed by atoms with Crippen molar-refractivity contribution in [2.45, 2.75) is 67.7 Å². The van der Waals surface area contributed by atoms with Crippen molar-refractivity contribution in [1.29, 1.82) is 0 Å². The monoisotopic (exact) mass is 222 g/mol. The standard InChI is InChI=1S/C16H30/c1-14(2,3)11-8-9-12-13(10-11)16(6,7)15(12,4)5/h11-13H,8-10H2,1-7H3. The zero-order chi connectivity index (χ0) is 12.4. The predicted octanol–water partition coefficient (Wildman–Crippen LogP) is 5.13. The molecule has 0 bridgehead atoms. The summed E-state index contributed by atoms with van der Waals surface area (Å²) in [5.74, 6) is 2.94. The summed E-state index contributed by atoms with van der Waals surface area (Å²) in [5, 5.41) is 0. The molecule has 2 aliphatic carbocycles. The van der Waals surface area contributed by atoms with E-state index >= 15 is 0 Å². The molecule has 0 spiro atoms. The molecule has 0 saturated heterocycles. The fraction of sp³-hybridized carbons (Fsp3) is 1.00. The molecule has 94 valence electrons. The SMILES string of the molecule is CC(C)(C)C1CCC2C(C1)C(C)(C)C2(C)C. The Labute approximate surface area is 102 Å². The van der Waals surface area contributed by atoms with Gasteiger partial charge in [-0.15, -0.1) is 0 Å². The summed E-state index contributed by atoms with van der Waals surface area (Å²) in [5.41, 5.74) is 1.64. The van der Waals surface area contributed by atoms with Crippen LogP contribution in [-0.2, 0) is 0 Å². The first kappa shape index (κ1) is 12.5. The quantitative estimate of drug-likeness (QED) is 0.533. The van der Waals surface area contributed by atoms with Crippen molar-refractivity contribution in [2.75, 3.05) is 0 Å². The Kier molecular flexibility index (Phi) is 2.54. The topological polar surface area (TPSA) is 0 Å². The molecule has 3 atom stereocenters. The number of fused-ring (bicyclic) bond motifs is 1. The molecule has 0 N–H and O–H groups in total. The van der Waals surface area contributed by atoms with Crippen LogP contribution in [0, 0.1) is 34.0 Å².